The van der Waals surface area contributed by atoms with Crippen molar-refractivity contribution >= 4 is 23.3 Å². The van der Waals surface area contributed by atoms with E-state index in [1.165, 1.54) is 17.3 Å². The van der Waals surface area contributed by atoms with Gasteiger partial charge in [0.15, 0.2) is 5.82 Å². The van der Waals surface area contributed by atoms with Crippen molar-refractivity contribution < 1.29 is 9.90 Å². The number of carbonyl (C=O) groups is 1. The summed E-state index contributed by atoms with van der Waals surface area (Å²) < 4.78 is 0. The molecule has 80 valence electrons. The molecule has 1 saturated heterocycles. The molecule has 1 unspecified atom stereocenters. The maximum atomic E-state index is 11.6. The average molecular weight is 228 g/mol. The van der Waals surface area contributed by atoms with E-state index in [2.05, 4.69) is 9.97 Å². The van der Waals surface area contributed by atoms with Crippen LogP contribution in [0, 0.1) is 5.92 Å². The Labute approximate surface area is 91.7 Å². The first-order valence-corrected chi connectivity index (χ1v) is 4.97. The largest absolute Gasteiger partial charge is 0.396 e. The van der Waals surface area contributed by atoms with Gasteiger partial charge in [0.05, 0.1) is 12.4 Å². The number of aliphatic hydroxyl groups is 1. The SMILES string of the molecule is O=C1CC(CO)CN1c1cncc(Cl)n1. The predicted octanol–water partition coefficient (Wildman–Crippen LogP) is 0.475. The molecular formula is C9H10ClN3O2. The molecule has 0 bridgehead atoms. The van der Waals surface area contributed by atoms with Crippen molar-refractivity contribution in [2.45, 2.75) is 6.42 Å². The second-order valence-electron chi connectivity index (χ2n) is 3.46. The number of carbonyl (C=O) groups excluding carboxylic acids is 1. The Balaban J connectivity index is 2.21. The molecular weight excluding hydrogens is 218 g/mol. The number of hydrogen-bond donors (Lipinski definition) is 1. The highest BCUT2D eigenvalue weighted by Gasteiger charge is 2.30. The molecule has 5 nitrogen and oxygen atoms in total. The topological polar surface area (TPSA) is 66.3 Å². The van der Waals surface area contributed by atoms with Crippen LogP contribution in [0.3, 0.4) is 0 Å². The number of rotatable bonds is 2. The van der Waals surface area contributed by atoms with E-state index in [-0.39, 0.29) is 23.6 Å². The predicted molar refractivity (Wildman–Crippen MR) is 54.6 cm³/mol. The molecule has 0 aromatic carbocycles. The van der Waals surface area contributed by atoms with Gasteiger partial charge in [0.25, 0.3) is 0 Å². The van der Waals surface area contributed by atoms with Gasteiger partial charge in [0, 0.05) is 25.5 Å². The number of aromatic nitrogens is 2. The molecule has 1 aliphatic rings. The van der Waals surface area contributed by atoms with Crippen LogP contribution >= 0.6 is 11.6 Å². The normalized spacial score (nSPS) is 21.1. The van der Waals surface area contributed by atoms with Crippen LogP contribution in [0.5, 0.6) is 0 Å². The van der Waals surface area contributed by atoms with Crippen LogP contribution in [0.1, 0.15) is 6.42 Å². The molecule has 1 atom stereocenters. The van der Waals surface area contributed by atoms with Crippen molar-refractivity contribution in [1.29, 1.82) is 0 Å². The van der Waals surface area contributed by atoms with Crippen molar-refractivity contribution in [3.8, 4) is 0 Å². The number of hydrogen-bond acceptors (Lipinski definition) is 4. The van der Waals surface area contributed by atoms with E-state index < -0.39 is 0 Å². The van der Waals surface area contributed by atoms with Gasteiger partial charge in [-0.1, -0.05) is 11.6 Å². The molecule has 1 amide bonds. The molecule has 1 aromatic heterocycles. The molecule has 1 aliphatic heterocycles. The second kappa shape index (κ2) is 4.12. The van der Waals surface area contributed by atoms with Crippen molar-refractivity contribution in [2.75, 3.05) is 18.1 Å². The van der Waals surface area contributed by atoms with Crippen molar-refractivity contribution in [3.05, 3.63) is 17.5 Å². The van der Waals surface area contributed by atoms with Gasteiger partial charge in [0.2, 0.25) is 5.91 Å². The Kier molecular flexibility index (Phi) is 2.83. The Morgan fingerprint density at radius 3 is 3.00 bits per heavy atom. The number of nitrogens with zero attached hydrogens (tertiary/aromatic N) is 3. The molecule has 0 aliphatic carbocycles. The molecule has 2 heterocycles. The van der Waals surface area contributed by atoms with Crippen LogP contribution in [0.25, 0.3) is 0 Å². The number of halogens is 1. The zero-order valence-corrected chi connectivity index (χ0v) is 8.68. The summed E-state index contributed by atoms with van der Waals surface area (Å²) in [4.78, 5) is 20.9. The third-order valence-corrected chi connectivity index (χ3v) is 2.51. The first-order valence-electron chi connectivity index (χ1n) is 4.59. The number of amides is 1. The van der Waals surface area contributed by atoms with Gasteiger partial charge >= 0.3 is 0 Å². The van der Waals surface area contributed by atoms with E-state index in [9.17, 15) is 4.79 Å². The summed E-state index contributed by atoms with van der Waals surface area (Å²) in [6.45, 7) is 0.487. The van der Waals surface area contributed by atoms with Crippen LogP contribution in [0.15, 0.2) is 12.4 Å². The van der Waals surface area contributed by atoms with Gasteiger partial charge in [-0.05, 0) is 0 Å². The van der Waals surface area contributed by atoms with Crippen molar-refractivity contribution in [1.82, 2.24) is 9.97 Å². The Morgan fingerprint density at radius 1 is 1.60 bits per heavy atom. The Morgan fingerprint density at radius 2 is 2.40 bits per heavy atom. The average Bonchev–Trinajstić information content (AvgIpc) is 2.60. The quantitative estimate of drug-likeness (QED) is 0.798. The molecule has 1 N–H and O–H groups in total. The summed E-state index contributed by atoms with van der Waals surface area (Å²) in [6.07, 6.45) is 3.25. The van der Waals surface area contributed by atoms with E-state index in [1.54, 1.807) is 0 Å². The lowest BCUT2D eigenvalue weighted by Crippen LogP contribution is -2.26. The smallest absolute Gasteiger partial charge is 0.228 e. The molecule has 2 rings (SSSR count). The van der Waals surface area contributed by atoms with Crippen LogP contribution in [-0.4, -0.2) is 34.1 Å². The molecule has 6 heteroatoms. The van der Waals surface area contributed by atoms with Crippen LogP contribution in [0.2, 0.25) is 5.15 Å². The van der Waals surface area contributed by atoms with Crippen LogP contribution in [-0.2, 0) is 4.79 Å². The van der Waals surface area contributed by atoms with E-state index in [4.69, 9.17) is 16.7 Å². The molecule has 1 fully saturated rings. The van der Waals surface area contributed by atoms with Gasteiger partial charge in [0.1, 0.15) is 5.15 Å². The minimum absolute atomic E-state index is 0.0102. The van der Waals surface area contributed by atoms with E-state index in [0.717, 1.165) is 0 Å². The number of aliphatic hydroxyl groups excluding tert-OH is 1. The maximum Gasteiger partial charge on any atom is 0.228 e. The fourth-order valence-corrected chi connectivity index (χ4v) is 1.73. The first kappa shape index (κ1) is 10.3. The molecule has 15 heavy (non-hydrogen) atoms. The van der Waals surface area contributed by atoms with Gasteiger partial charge in [-0.15, -0.1) is 0 Å². The van der Waals surface area contributed by atoms with Crippen molar-refractivity contribution in [3.63, 3.8) is 0 Å². The van der Waals surface area contributed by atoms with Gasteiger partial charge < -0.3 is 5.11 Å². The third-order valence-electron chi connectivity index (χ3n) is 2.33. The van der Waals surface area contributed by atoms with E-state index in [0.29, 0.717) is 18.8 Å². The first-order chi connectivity index (χ1) is 7.20. The lowest BCUT2D eigenvalue weighted by Gasteiger charge is -2.14. The van der Waals surface area contributed by atoms with E-state index in [1.807, 2.05) is 0 Å². The fraction of sp³-hybridized carbons (Fsp3) is 0.444. The van der Waals surface area contributed by atoms with Crippen LogP contribution in [0.4, 0.5) is 5.82 Å². The maximum absolute atomic E-state index is 11.6. The van der Waals surface area contributed by atoms with Crippen LogP contribution < -0.4 is 4.90 Å². The number of anilines is 1. The van der Waals surface area contributed by atoms with Gasteiger partial charge in [-0.2, -0.15) is 0 Å². The zero-order valence-electron chi connectivity index (χ0n) is 7.93. The summed E-state index contributed by atoms with van der Waals surface area (Å²) in [5.41, 5.74) is 0. The highest BCUT2D eigenvalue weighted by molar-refractivity contribution is 6.29. The fourth-order valence-electron chi connectivity index (χ4n) is 1.59. The monoisotopic (exact) mass is 227 g/mol. The summed E-state index contributed by atoms with van der Waals surface area (Å²) in [5.74, 6) is 0.382. The lowest BCUT2D eigenvalue weighted by atomic mass is 10.1. The van der Waals surface area contributed by atoms with E-state index >= 15 is 0 Å². The highest BCUT2D eigenvalue weighted by atomic mass is 35.5. The summed E-state index contributed by atoms with van der Waals surface area (Å²) in [7, 11) is 0. The minimum Gasteiger partial charge on any atom is -0.396 e. The molecule has 0 radical (unpaired) electrons. The third kappa shape index (κ3) is 2.08. The zero-order chi connectivity index (χ0) is 10.8. The Bertz CT molecular complexity index is 385. The minimum atomic E-state index is -0.0504. The summed E-state index contributed by atoms with van der Waals surface area (Å²) in [5, 5.41) is 9.22. The molecule has 1 aromatic rings. The highest BCUT2D eigenvalue weighted by Crippen LogP contribution is 2.23. The standard InChI is InChI=1S/C9H10ClN3O2/c10-7-2-11-3-8(12-7)13-4-6(5-14)1-9(13)15/h2-3,6,14H,1,4-5H2. The molecule has 0 spiro atoms. The van der Waals surface area contributed by atoms with Crippen molar-refractivity contribution in [2.24, 2.45) is 5.92 Å². The summed E-state index contributed by atoms with van der Waals surface area (Å²) in [6, 6.07) is 0. The molecule has 0 saturated carbocycles. The lowest BCUT2D eigenvalue weighted by molar-refractivity contribution is -0.117. The second-order valence-corrected chi connectivity index (χ2v) is 3.84. The van der Waals surface area contributed by atoms with Gasteiger partial charge in [-0.25, -0.2) is 4.98 Å². The Hall–Kier alpha value is -1.20. The summed E-state index contributed by atoms with van der Waals surface area (Å²) >= 11 is 5.68. The van der Waals surface area contributed by atoms with Gasteiger partial charge in [-0.3, -0.25) is 14.7 Å².